The standard InChI is InChI=1S/C7H5NO3S.HNO2.Na.H/c9-7-5-3-1-2-4-6(5)12(10,11)8-7;2-1-3;;/h1-4H,(H,8,9);(H,2,3);;/q;;+1;-1. The van der Waals surface area contributed by atoms with Crippen molar-refractivity contribution in [3.8, 4) is 0 Å². The molecule has 82 valence electrons. The number of sulfonamides is 1. The van der Waals surface area contributed by atoms with Crippen LogP contribution in [0.25, 0.3) is 0 Å². The van der Waals surface area contributed by atoms with Crippen LogP contribution < -0.4 is 34.3 Å². The SMILES string of the molecule is O=C1NS(=O)(=O)c2ccccc21.O=NO.[H-].[Na+]. The van der Waals surface area contributed by atoms with Crippen molar-refractivity contribution >= 4 is 15.9 Å². The minimum Gasteiger partial charge on any atom is -1.00 e. The molecule has 9 heteroatoms. The first-order valence-electron chi connectivity index (χ1n) is 3.66. The summed E-state index contributed by atoms with van der Waals surface area (Å²) in [5, 5.41) is 7.89. The topological polar surface area (TPSA) is 113 Å². The molecule has 0 radical (unpaired) electrons. The van der Waals surface area contributed by atoms with E-state index in [2.05, 4.69) is 0 Å². The molecule has 0 saturated heterocycles. The van der Waals surface area contributed by atoms with E-state index in [1.165, 1.54) is 17.5 Å². The average molecular weight is 254 g/mol. The van der Waals surface area contributed by atoms with Crippen LogP contribution in [0, 0.1) is 4.91 Å². The number of hydrogen-bond donors (Lipinski definition) is 2. The van der Waals surface area contributed by atoms with Gasteiger partial charge in [-0.05, 0) is 12.1 Å². The van der Waals surface area contributed by atoms with Crippen LogP contribution in [0.1, 0.15) is 11.8 Å². The Morgan fingerprint density at radius 3 is 2.31 bits per heavy atom. The maximum Gasteiger partial charge on any atom is 1.00 e. The van der Waals surface area contributed by atoms with Crippen molar-refractivity contribution < 1.29 is 49.4 Å². The van der Waals surface area contributed by atoms with Gasteiger partial charge in [-0.25, -0.2) is 13.1 Å². The molecular formula is C7H7N2NaO5S. The molecule has 2 rings (SSSR count). The molecule has 7 nitrogen and oxygen atoms in total. The summed E-state index contributed by atoms with van der Waals surface area (Å²) in [5.41, 5.74) is 0.220. The van der Waals surface area contributed by atoms with Crippen molar-refractivity contribution in [2.24, 2.45) is 5.34 Å². The molecule has 0 aliphatic carbocycles. The summed E-state index contributed by atoms with van der Waals surface area (Å²) < 4.78 is 24.2. The zero-order valence-corrected chi connectivity index (χ0v) is 11.1. The predicted octanol–water partition coefficient (Wildman–Crippen LogP) is -2.62. The molecule has 1 amide bonds. The molecule has 16 heavy (non-hydrogen) atoms. The van der Waals surface area contributed by atoms with Crippen LogP contribution in [-0.2, 0) is 10.0 Å². The molecule has 1 aliphatic heterocycles. The van der Waals surface area contributed by atoms with Gasteiger partial charge in [0, 0.05) is 0 Å². The van der Waals surface area contributed by atoms with Crippen LogP contribution in [0.2, 0.25) is 0 Å². The summed E-state index contributed by atoms with van der Waals surface area (Å²) in [4.78, 5) is 19.2. The third kappa shape index (κ3) is 3.01. The Bertz CT molecular complexity index is 507. The molecular weight excluding hydrogens is 247 g/mol. The normalized spacial score (nSPS) is 14.6. The van der Waals surface area contributed by atoms with E-state index in [1.807, 2.05) is 4.72 Å². The fraction of sp³-hybridized carbons (Fsp3) is 0. The van der Waals surface area contributed by atoms with Crippen LogP contribution in [0.15, 0.2) is 34.5 Å². The summed E-state index contributed by atoms with van der Waals surface area (Å²) in [6.07, 6.45) is 0. The van der Waals surface area contributed by atoms with Gasteiger partial charge < -0.3 is 6.63 Å². The minimum absolute atomic E-state index is 0. The van der Waals surface area contributed by atoms with Crippen molar-refractivity contribution in [2.45, 2.75) is 4.90 Å². The third-order valence-corrected chi connectivity index (χ3v) is 3.04. The summed E-state index contributed by atoms with van der Waals surface area (Å²) in [7, 11) is -3.55. The maximum atomic E-state index is 11.1. The fourth-order valence-corrected chi connectivity index (χ4v) is 2.29. The predicted molar refractivity (Wildman–Crippen MR) is 49.8 cm³/mol. The number of rotatable bonds is 0. The summed E-state index contributed by atoms with van der Waals surface area (Å²) >= 11 is 0. The Morgan fingerprint density at radius 1 is 1.31 bits per heavy atom. The average Bonchev–Trinajstić information content (AvgIpc) is 2.40. The van der Waals surface area contributed by atoms with E-state index in [0.29, 0.717) is 0 Å². The number of hydrogen-bond acceptors (Lipinski definition) is 5. The molecule has 0 unspecified atom stereocenters. The Morgan fingerprint density at radius 2 is 1.81 bits per heavy atom. The first kappa shape index (κ1) is 15.0. The number of carbonyl (C=O) groups is 1. The first-order valence-corrected chi connectivity index (χ1v) is 5.14. The molecule has 1 aromatic rings. The number of amides is 1. The van der Waals surface area contributed by atoms with Crippen LogP contribution >= 0.6 is 0 Å². The van der Waals surface area contributed by atoms with Crippen molar-refractivity contribution in [3.05, 3.63) is 34.7 Å². The molecule has 0 saturated carbocycles. The zero-order valence-electron chi connectivity index (χ0n) is 9.25. The molecule has 0 aromatic heterocycles. The number of nitrogens with zero attached hydrogens (tertiary/aromatic N) is 1. The van der Waals surface area contributed by atoms with Gasteiger partial charge in [0.25, 0.3) is 15.9 Å². The second-order valence-corrected chi connectivity index (χ2v) is 4.16. The first-order chi connectivity index (χ1) is 7.03. The second kappa shape index (κ2) is 5.94. The van der Waals surface area contributed by atoms with Crippen molar-refractivity contribution in [2.75, 3.05) is 0 Å². The quantitative estimate of drug-likeness (QED) is 0.299. The molecule has 0 fully saturated rings. The molecule has 0 atom stereocenters. The van der Waals surface area contributed by atoms with Gasteiger partial charge >= 0.3 is 29.6 Å². The molecule has 0 bridgehead atoms. The van der Waals surface area contributed by atoms with E-state index in [4.69, 9.17) is 10.1 Å². The Labute approximate surface area is 115 Å². The zero-order chi connectivity index (χ0) is 11.5. The van der Waals surface area contributed by atoms with Gasteiger partial charge in [-0.1, -0.05) is 12.1 Å². The maximum absolute atomic E-state index is 11.1. The monoisotopic (exact) mass is 254 g/mol. The number of carbonyl (C=O) groups excluding carboxylic acids is 1. The van der Waals surface area contributed by atoms with E-state index in [1.54, 1.807) is 12.1 Å². The van der Waals surface area contributed by atoms with Gasteiger partial charge in [0.05, 0.1) is 5.56 Å². The number of fused-ring (bicyclic) bond motifs is 1. The smallest absolute Gasteiger partial charge is 1.00 e. The number of benzene rings is 1. The molecule has 2 N–H and O–H groups in total. The van der Waals surface area contributed by atoms with E-state index in [-0.39, 0.29) is 41.4 Å². The minimum atomic E-state index is -3.55. The Hall–Kier alpha value is -0.960. The van der Waals surface area contributed by atoms with Crippen LogP contribution in [0.3, 0.4) is 0 Å². The van der Waals surface area contributed by atoms with E-state index < -0.39 is 15.9 Å². The summed E-state index contributed by atoms with van der Waals surface area (Å²) in [6, 6.07) is 6.09. The molecule has 1 aliphatic rings. The van der Waals surface area contributed by atoms with Crippen molar-refractivity contribution in [3.63, 3.8) is 0 Å². The Kier molecular flexibility index (Phi) is 5.59. The van der Waals surface area contributed by atoms with Crippen molar-refractivity contribution in [1.82, 2.24) is 4.72 Å². The Balaban J connectivity index is 0. The molecule has 0 spiro atoms. The van der Waals surface area contributed by atoms with E-state index in [0.717, 1.165) is 0 Å². The molecule has 1 aromatic carbocycles. The molecule has 1 heterocycles. The van der Waals surface area contributed by atoms with Gasteiger partial charge in [0.15, 0.2) is 5.34 Å². The second-order valence-electron chi connectivity index (χ2n) is 2.51. The van der Waals surface area contributed by atoms with Gasteiger partial charge in [-0.3, -0.25) is 4.79 Å². The van der Waals surface area contributed by atoms with Gasteiger partial charge in [-0.15, -0.1) is 4.91 Å². The van der Waals surface area contributed by atoms with Gasteiger partial charge in [-0.2, -0.15) is 0 Å². The van der Waals surface area contributed by atoms with Gasteiger partial charge in [0.1, 0.15) is 4.90 Å². The van der Waals surface area contributed by atoms with Crippen LogP contribution in [-0.4, -0.2) is 19.5 Å². The van der Waals surface area contributed by atoms with Crippen molar-refractivity contribution in [1.29, 1.82) is 0 Å². The summed E-state index contributed by atoms with van der Waals surface area (Å²) in [6.45, 7) is 0. The van der Waals surface area contributed by atoms with Gasteiger partial charge in [0.2, 0.25) is 0 Å². The van der Waals surface area contributed by atoms with Crippen LogP contribution in [0.5, 0.6) is 0 Å². The largest absolute Gasteiger partial charge is 1.00 e. The number of nitrogens with one attached hydrogen (secondary N) is 1. The van der Waals surface area contributed by atoms with Crippen LogP contribution in [0.4, 0.5) is 0 Å². The van der Waals surface area contributed by atoms with E-state index >= 15 is 0 Å². The fourth-order valence-electron chi connectivity index (χ4n) is 1.12. The van der Waals surface area contributed by atoms with E-state index in [9.17, 15) is 13.2 Å². The third-order valence-electron chi connectivity index (χ3n) is 1.65. The summed E-state index contributed by atoms with van der Waals surface area (Å²) in [5.74, 6) is -0.550.